The van der Waals surface area contributed by atoms with Gasteiger partial charge in [-0.25, -0.2) is 0 Å². The van der Waals surface area contributed by atoms with Gasteiger partial charge in [-0.2, -0.15) is 0 Å². The second-order valence-electron chi connectivity index (χ2n) is 6.19. The Balaban J connectivity index is 1.89. The molecule has 1 fully saturated rings. The summed E-state index contributed by atoms with van der Waals surface area (Å²) in [5.41, 5.74) is 6.89. The molecule has 0 spiro atoms. The molecule has 0 radical (unpaired) electrons. The zero-order valence-corrected chi connectivity index (χ0v) is 13.1. The Labute approximate surface area is 127 Å². The Bertz CT molecular complexity index is 441. The lowest BCUT2D eigenvalue weighted by molar-refractivity contribution is -0.122. The molecule has 116 valence electrons. The fourth-order valence-electron chi connectivity index (χ4n) is 2.99. The van der Waals surface area contributed by atoms with Crippen LogP contribution in [-0.4, -0.2) is 36.5 Å². The van der Waals surface area contributed by atoms with Crippen molar-refractivity contribution in [1.82, 2.24) is 10.2 Å². The lowest BCUT2D eigenvalue weighted by Gasteiger charge is -2.31. The second kappa shape index (κ2) is 7.57. The third-order valence-electron chi connectivity index (χ3n) is 4.31. The minimum Gasteiger partial charge on any atom is -0.353 e. The molecule has 1 saturated heterocycles. The lowest BCUT2D eigenvalue weighted by atomic mass is 10.0. The summed E-state index contributed by atoms with van der Waals surface area (Å²) >= 11 is 0. The largest absolute Gasteiger partial charge is 0.353 e. The van der Waals surface area contributed by atoms with E-state index in [4.69, 9.17) is 5.73 Å². The Kier molecular flexibility index (Phi) is 5.76. The van der Waals surface area contributed by atoms with E-state index in [0.29, 0.717) is 18.5 Å². The van der Waals surface area contributed by atoms with Gasteiger partial charge in [0, 0.05) is 12.6 Å². The molecule has 0 aliphatic carbocycles. The third-order valence-corrected chi connectivity index (χ3v) is 4.31. The van der Waals surface area contributed by atoms with Crippen LogP contribution in [0.1, 0.15) is 38.3 Å². The molecule has 4 heteroatoms. The molecule has 1 unspecified atom stereocenters. The Hall–Kier alpha value is -1.39. The van der Waals surface area contributed by atoms with Crippen LogP contribution in [0.25, 0.3) is 0 Å². The van der Waals surface area contributed by atoms with Gasteiger partial charge in [-0.1, -0.05) is 44.2 Å². The average molecular weight is 289 g/mol. The molecular weight excluding hydrogens is 262 g/mol. The smallest absolute Gasteiger partial charge is 0.241 e. The Morgan fingerprint density at radius 3 is 2.43 bits per heavy atom. The summed E-state index contributed by atoms with van der Waals surface area (Å²) in [6, 6.07) is 9.34. The molecule has 21 heavy (non-hydrogen) atoms. The minimum absolute atomic E-state index is 0.0916. The van der Waals surface area contributed by atoms with E-state index in [-0.39, 0.29) is 5.91 Å². The molecule has 2 rings (SSSR count). The van der Waals surface area contributed by atoms with E-state index in [1.807, 2.05) is 30.3 Å². The molecule has 1 aromatic rings. The standard InChI is InChI=1S/C17H27N3O/c1-13(2)15(20-10-6-7-11-20)12-19-17(21)16(18)14-8-4-3-5-9-14/h3-5,8-9,13,15-16H,6-7,10-12,18H2,1-2H3,(H,19,21)/t15?,16-/m1/s1. The maximum absolute atomic E-state index is 12.2. The van der Waals surface area contributed by atoms with E-state index in [9.17, 15) is 4.79 Å². The molecule has 3 N–H and O–H groups in total. The van der Waals surface area contributed by atoms with Crippen molar-refractivity contribution in [2.75, 3.05) is 19.6 Å². The fourth-order valence-corrected chi connectivity index (χ4v) is 2.99. The van der Waals surface area contributed by atoms with Gasteiger partial charge in [0.25, 0.3) is 0 Å². The Morgan fingerprint density at radius 1 is 1.24 bits per heavy atom. The van der Waals surface area contributed by atoms with Crippen LogP contribution in [0.15, 0.2) is 30.3 Å². The van der Waals surface area contributed by atoms with Crippen molar-refractivity contribution in [3.05, 3.63) is 35.9 Å². The number of hydrogen-bond acceptors (Lipinski definition) is 3. The van der Waals surface area contributed by atoms with Crippen molar-refractivity contribution >= 4 is 5.91 Å². The molecule has 1 aromatic carbocycles. The lowest BCUT2D eigenvalue weighted by Crippen LogP contribution is -2.47. The van der Waals surface area contributed by atoms with Crippen LogP contribution in [-0.2, 0) is 4.79 Å². The van der Waals surface area contributed by atoms with Gasteiger partial charge in [0.05, 0.1) is 0 Å². The first-order chi connectivity index (χ1) is 10.1. The van der Waals surface area contributed by atoms with Gasteiger partial charge in [0.1, 0.15) is 6.04 Å². The number of nitrogens with one attached hydrogen (secondary N) is 1. The van der Waals surface area contributed by atoms with Crippen molar-refractivity contribution < 1.29 is 4.79 Å². The summed E-state index contributed by atoms with van der Waals surface area (Å²) in [5, 5.41) is 3.03. The van der Waals surface area contributed by atoms with Gasteiger partial charge < -0.3 is 11.1 Å². The molecule has 0 bridgehead atoms. The molecule has 1 aliphatic rings. The first-order valence-electron chi connectivity index (χ1n) is 7.92. The van der Waals surface area contributed by atoms with Crippen molar-refractivity contribution in [2.45, 2.75) is 38.8 Å². The van der Waals surface area contributed by atoms with Gasteiger partial charge in [-0.05, 0) is 37.4 Å². The third kappa shape index (κ3) is 4.29. The van der Waals surface area contributed by atoms with Crippen LogP contribution in [0, 0.1) is 5.92 Å². The quantitative estimate of drug-likeness (QED) is 0.841. The summed E-state index contributed by atoms with van der Waals surface area (Å²) < 4.78 is 0. The van der Waals surface area contributed by atoms with Gasteiger partial charge in [0.15, 0.2) is 0 Å². The summed E-state index contributed by atoms with van der Waals surface area (Å²) in [7, 11) is 0. The molecule has 1 amide bonds. The van der Waals surface area contributed by atoms with Gasteiger partial charge in [0.2, 0.25) is 5.91 Å². The van der Waals surface area contributed by atoms with E-state index in [1.165, 1.54) is 12.8 Å². The maximum atomic E-state index is 12.2. The Morgan fingerprint density at radius 2 is 1.86 bits per heavy atom. The molecule has 2 atom stereocenters. The van der Waals surface area contributed by atoms with Crippen molar-refractivity contribution in [3.63, 3.8) is 0 Å². The number of likely N-dealkylation sites (tertiary alicyclic amines) is 1. The number of nitrogens with two attached hydrogens (primary N) is 1. The topological polar surface area (TPSA) is 58.4 Å². The van der Waals surface area contributed by atoms with Crippen molar-refractivity contribution in [1.29, 1.82) is 0 Å². The second-order valence-corrected chi connectivity index (χ2v) is 6.19. The van der Waals surface area contributed by atoms with Crippen LogP contribution in [0.5, 0.6) is 0 Å². The summed E-state index contributed by atoms with van der Waals surface area (Å²) in [6.07, 6.45) is 2.53. The summed E-state index contributed by atoms with van der Waals surface area (Å²) in [5.74, 6) is 0.433. The number of rotatable bonds is 6. The van der Waals surface area contributed by atoms with Crippen LogP contribution >= 0.6 is 0 Å². The number of amides is 1. The molecule has 1 aliphatic heterocycles. The number of benzene rings is 1. The fraction of sp³-hybridized carbons (Fsp3) is 0.588. The normalized spacial score (nSPS) is 18.7. The molecule has 0 aromatic heterocycles. The monoisotopic (exact) mass is 289 g/mol. The predicted molar refractivity (Wildman–Crippen MR) is 85.8 cm³/mol. The predicted octanol–water partition coefficient (Wildman–Crippen LogP) is 1.92. The summed E-state index contributed by atoms with van der Waals surface area (Å²) in [4.78, 5) is 14.7. The highest BCUT2D eigenvalue weighted by Gasteiger charge is 2.25. The first kappa shape index (κ1) is 16.0. The average Bonchev–Trinajstić information content (AvgIpc) is 3.01. The van der Waals surface area contributed by atoms with E-state index < -0.39 is 6.04 Å². The zero-order valence-electron chi connectivity index (χ0n) is 13.1. The van der Waals surface area contributed by atoms with Gasteiger partial charge in [-0.15, -0.1) is 0 Å². The van der Waals surface area contributed by atoms with Crippen LogP contribution < -0.4 is 11.1 Å². The minimum atomic E-state index is -0.586. The van der Waals surface area contributed by atoms with Crippen LogP contribution in [0.3, 0.4) is 0 Å². The molecule has 1 heterocycles. The first-order valence-corrected chi connectivity index (χ1v) is 7.92. The summed E-state index contributed by atoms with van der Waals surface area (Å²) in [6.45, 7) is 7.39. The van der Waals surface area contributed by atoms with E-state index in [2.05, 4.69) is 24.1 Å². The van der Waals surface area contributed by atoms with Crippen LogP contribution in [0.4, 0.5) is 0 Å². The number of carbonyl (C=O) groups is 1. The highest BCUT2D eigenvalue weighted by atomic mass is 16.2. The molecule has 4 nitrogen and oxygen atoms in total. The van der Waals surface area contributed by atoms with Crippen molar-refractivity contribution in [2.24, 2.45) is 11.7 Å². The molecule has 0 saturated carbocycles. The maximum Gasteiger partial charge on any atom is 0.241 e. The molecular formula is C17H27N3O. The van der Waals surface area contributed by atoms with E-state index in [0.717, 1.165) is 18.7 Å². The zero-order chi connectivity index (χ0) is 15.2. The highest BCUT2D eigenvalue weighted by molar-refractivity contribution is 5.82. The van der Waals surface area contributed by atoms with E-state index >= 15 is 0 Å². The highest BCUT2D eigenvalue weighted by Crippen LogP contribution is 2.17. The number of carbonyl (C=O) groups excluding carboxylic acids is 1. The van der Waals surface area contributed by atoms with Crippen LogP contribution in [0.2, 0.25) is 0 Å². The number of nitrogens with zero attached hydrogens (tertiary/aromatic N) is 1. The van der Waals surface area contributed by atoms with E-state index in [1.54, 1.807) is 0 Å². The SMILES string of the molecule is CC(C)C(CNC(=O)[C@H](N)c1ccccc1)N1CCCC1. The number of hydrogen-bond donors (Lipinski definition) is 2. The van der Waals surface area contributed by atoms with Gasteiger partial charge in [-0.3, -0.25) is 9.69 Å². The van der Waals surface area contributed by atoms with Crippen molar-refractivity contribution in [3.8, 4) is 0 Å². The van der Waals surface area contributed by atoms with Gasteiger partial charge >= 0.3 is 0 Å².